The monoisotopic (exact) mass is 265 g/mol. The molecule has 1 N–H and O–H groups in total. The van der Waals surface area contributed by atoms with E-state index < -0.39 is 0 Å². The molecule has 0 aliphatic carbocycles. The third kappa shape index (κ3) is 2.72. The van der Waals surface area contributed by atoms with Crippen molar-refractivity contribution in [2.45, 2.75) is 6.61 Å². The van der Waals surface area contributed by atoms with Crippen LogP contribution in [-0.2, 0) is 11.3 Å². The van der Waals surface area contributed by atoms with Crippen molar-refractivity contribution in [3.63, 3.8) is 0 Å². The minimum atomic E-state index is -0.308. The molecule has 5 heteroatoms. The van der Waals surface area contributed by atoms with Gasteiger partial charge in [0.15, 0.2) is 0 Å². The number of halogens is 1. The maximum absolute atomic E-state index is 12.0. The minimum Gasteiger partial charge on any atom is -0.452 e. The Morgan fingerprint density at radius 1 is 1.39 bits per heavy atom. The molecule has 0 unspecified atom stereocenters. The number of carbonyl (C=O) groups excluding carboxylic acids is 1. The number of hydrogen-bond acceptors (Lipinski definition) is 3. The van der Waals surface area contributed by atoms with Gasteiger partial charge in [-0.1, -0.05) is 18.2 Å². The Bertz CT molecular complexity index is 551. The van der Waals surface area contributed by atoms with Crippen molar-refractivity contribution in [2.24, 2.45) is 0 Å². The van der Waals surface area contributed by atoms with E-state index in [-0.39, 0.29) is 11.1 Å². The summed E-state index contributed by atoms with van der Waals surface area (Å²) in [6.45, 7) is 0.426. The van der Waals surface area contributed by atoms with Gasteiger partial charge in [0.2, 0.25) is 5.22 Å². The predicted octanol–water partition coefficient (Wildman–Crippen LogP) is 3.33. The van der Waals surface area contributed by atoms with Crippen LogP contribution in [0.1, 0.15) is 15.9 Å². The van der Waals surface area contributed by atoms with Gasteiger partial charge >= 0.3 is 0 Å². The zero-order chi connectivity index (χ0) is 13.0. The van der Waals surface area contributed by atoms with E-state index in [9.17, 15) is 4.79 Å². The van der Waals surface area contributed by atoms with E-state index in [2.05, 4.69) is 5.32 Å². The molecule has 4 nitrogen and oxygen atoms in total. The quantitative estimate of drug-likeness (QED) is 0.922. The second-order valence-corrected chi connectivity index (χ2v) is 4.00. The smallest absolute Gasteiger partial charge is 0.260 e. The van der Waals surface area contributed by atoms with Crippen molar-refractivity contribution in [3.8, 4) is 0 Å². The highest BCUT2D eigenvalue weighted by Crippen LogP contribution is 2.20. The SMILES string of the molecule is COCc1ccccc1NC(=O)c1ccoc1Cl. The average Bonchev–Trinajstić information content (AvgIpc) is 2.78. The first-order valence-corrected chi connectivity index (χ1v) is 5.71. The number of para-hydroxylation sites is 1. The van der Waals surface area contributed by atoms with Crippen LogP contribution in [0, 0.1) is 0 Å². The molecular formula is C13H12ClNO3. The predicted molar refractivity (Wildman–Crippen MR) is 68.8 cm³/mol. The molecule has 0 bridgehead atoms. The highest BCUT2D eigenvalue weighted by Gasteiger charge is 2.14. The maximum atomic E-state index is 12.0. The van der Waals surface area contributed by atoms with Crippen LogP contribution in [0.2, 0.25) is 5.22 Å². The fourth-order valence-corrected chi connectivity index (χ4v) is 1.77. The highest BCUT2D eigenvalue weighted by molar-refractivity contribution is 6.32. The van der Waals surface area contributed by atoms with E-state index in [1.165, 1.54) is 12.3 Å². The first-order valence-electron chi connectivity index (χ1n) is 5.33. The van der Waals surface area contributed by atoms with Gasteiger partial charge in [0.05, 0.1) is 18.4 Å². The van der Waals surface area contributed by atoms with E-state index in [1.54, 1.807) is 13.2 Å². The van der Waals surface area contributed by atoms with Gasteiger partial charge in [0.25, 0.3) is 5.91 Å². The number of benzene rings is 1. The molecule has 0 radical (unpaired) electrons. The van der Waals surface area contributed by atoms with Crippen LogP contribution in [0.25, 0.3) is 0 Å². The van der Waals surface area contributed by atoms with Gasteiger partial charge in [-0.3, -0.25) is 4.79 Å². The van der Waals surface area contributed by atoms with E-state index in [1.807, 2.05) is 18.2 Å². The van der Waals surface area contributed by atoms with Crippen molar-refractivity contribution in [1.29, 1.82) is 0 Å². The number of carbonyl (C=O) groups is 1. The Hall–Kier alpha value is -1.78. The summed E-state index contributed by atoms with van der Waals surface area (Å²) >= 11 is 5.75. The van der Waals surface area contributed by atoms with Crippen LogP contribution in [0.4, 0.5) is 5.69 Å². The van der Waals surface area contributed by atoms with Crippen LogP contribution in [-0.4, -0.2) is 13.0 Å². The number of methoxy groups -OCH3 is 1. The number of nitrogens with one attached hydrogen (secondary N) is 1. The van der Waals surface area contributed by atoms with Gasteiger partial charge < -0.3 is 14.5 Å². The second-order valence-electron chi connectivity index (χ2n) is 3.65. The standard InChI is InChI=1S/C13H12ClNO3/c1-17-8-9-4-2-3-5-11(9)15-13(16)10-6-7-18-12(10)14/h2-7H,8H2,1H3,(H,15,16). The molecule has 2 aromatic rings. The maximum Gasteiger partial charge on any atom is 0.260 e. The van der Waals surface area contributed by atoms with Gasteiger partial charge in [-0.2, -0.15) is 0 Å². The van der Waals surface area contributed by atoms with Gasteiger partial charge in [0, 0.05) is 18.4 Å². The molecule has 94 valence electrons. The molecular weight excluding hydrogens is 254 g/mol. The molecule has 2 rings (SSSR count). The summed E-state index contributed by atoms with van der Waals surface area (Å²) in [4.78, 5) is 12.0. The number of ether oxygens (including phenoxy) is 1. The molecule has 0 fully saturated rings. The summed E-state index contributed by atoms with van der Waals surface area (Å²) in [6.07, 6.45) is 1.37. The number of anilines is 1. The zero-order valence-corrected chi connectivity index (χ0v) is 10.5. The Balaban J connectivity index is 2.19. The largest absolute Gasteiger partial charge is 0.452 e. The van der Waals surface area contributed by atoms with Gasteiger partial charge in [0.1, 0.15) is 0 Å². The van der Waals surface area contributed by atoms with Gasteiger partial charge in [-0.15, -0.1) is 0 Å². The summed E-state index contributed by atoms with van der Waals surface area (Å²) in [7, 11) is 1.60. The van der Waals surface area contributed by atoms with Crippen molar-refractivity contribution in [1.82, 2.24) is 0 Å². The van der Waals surface area contributed by atoms with Crippen molar-refractivity contribution < 1.29 is 13.9 Å². The summed E-state index contributed by atoms with van der Waals surface area (Å²) in [6, 6.07) is 8.94. The third-order valence-electron chi connectivity index (χ3n) is 2.43. The molecule has 1 amide bonds. The van der Waals surface area contributed by atoms with Crippen LogP contribution in [0.3, 0.4) is 0 Å². The Morgan fingerprint density at radius 3 is 2.83 bits per heavy atom. The summed E-state index contributed by atoms with van der Waals surface area (Å²) in [5.41, 5.74) is 1.90. The molecule has 0 aliphatic heterocycles. The van der Waals surface area contributed by atoms with Crippen molar-refractivity contribution in [2.75, 3.05) is 12.4 Å². The molecule has 1 aromatic heterocycles. The third-order valence-corrected chi connectivity index (χ3v) is 2.72. The Kier molecular flexibility index (Phi) is 4.02. The van der Waals surface area contributed by atoms with Gasteiger partial charge in [-0.25, -0.2) is 0 Å². The van der Waals surface area contributed by atoms with Crippen LogP contribution < -0.4 is 5.32 Å². The number of furan rings is 1. The molecule has 0 spiro atoms. The molecule has 0 atom stereocenters. The van der Waals surface area contributed by atoms with E-state index in [4.69, 9.17) is 20.8 Å². The van der Waals surface area contributed by atoms with Gasteiger partial charge in [-0.05, 0) is 23.7 Å². The molecule has 1 aromatic carbocycles. The van der Waals surface area contributed by atoms with E-state index in [0.29, 0.717) is 17.9 Å². The molecule has 0 saturated heterocycles. The lowest BCUT2D eigenvalue weighted by molar-refractivity contribution is 0.102. The van der Waals surface area contributed by atoms with E-state index in [0.717, 1.165) is 5.56 Å². The number of amides is 1. The fourth-order valence-electron chi connectivity index (χ4n) is 1.57. The number of hydrogen-bond donors (Lipinski definition) is 1. The minimum absolute atomic E-state index is 0.0803. The van der Waals surface area contributed by atoms with E-state index >= 15 is 0 Å². The fraction of sp³-hybridized carbons (Fsp3) is 0.154. The second kappa shape index (κ2) is 5.71. The van der Waals surface area contributed by atoms with Crippen molar-refractivity contribution in [3.05, 3.63) is 52.9 Å². The Labute approximate surface area is 110 Å². The summed E-state index contributed by atoms with van der Waals surface area (Å²) in [5, 5.41) is 2.86. The lowest BCUT2D eigenvalue weighted by atomic mass is 10.2. The highest BCUT2D eigenvalue weighted by atomic mass is 35.5. The first-order chi connectivity index (χ1) is 8.72. The topological polar surface area (TPSA) is 51.5 Å². The van der Waals surface area contributed by atoms with Crippen LogP contribution in [0.5, 0.6) is 0 Å². The lowest BCUT2D eigenvalue weighted by Gasteiger charge is -2.09. The lowest BCUT2D eigenvalue weighted by Crippen LogP contribution is -2.13. The molecule has 0 aliphatic rings. The normalized spacial score (nSPS) is 10.3. The zero-order valence-electron chi connectivity index (χ0n) is 9.77. The van der Waals surface area contributed by atoms with Crippen LogP contribution >= 0.6 is 11.6 Å². The average molecular weight is 266 g/mol. The summed E-state index contributed by atoms with van der Waals surface area (Å²) in [5.74, 6) is -0.308. The molecule has 18 heavy (non-hydrogen) atoms. The summed E-state index contributed by atoms with van der Waals surface area (Å²) < 4.78 is 9.95. The molecule has 1 heterocycles. The number of rotatable bonds is 4. The Morgan fingerprint density at radius 2 is 2.17 bits per heavy atom. The molecule has 0 saturated carbocycles. The van der Waals surface area contributed by atoms with Crippen molar-refractivity contribution >= 4 is 23.2 Å². The first kappa shape index (κ1) is 12.7. The van der Waals surface area contributed by atoms with Crippen LogP contribution in [0.15, 0.2) is 41.0 Å².